The molecular weight excluding hydrogens is 190 g/mol. The third-order valence-corrected chi connectivity index (χ3v) is 2.93. The van der Waals surface area contributed by atoms with Crippen molar-refractivity contribution in [3.05, 3.63) is 23.8 Å². The van der Waals surface area contributed by atoms with Crippen molar-refractivity contribution in [1.82, 2.24) is 0 Å². The molecule has 0 spiro atoms. The topological polar surface area (TPSA) is 41.5 Å². The van der Waals surface area contributed by atoms with Gasteiger partial charge in [-0.2, -0.15) is 0 Å². The highest BCUT2D eigenvalue weighted by atomic mass is 16.5. The van der Waals surface area contributed by atoms with Crippen molar-refractivity contribution in [2.75, 3.05) is 19.0 Å². The van der Waals surface area contributed by atoms with Crippen molar-refractivity contribution in [3.8, 4) is 5.75 Å². The first kappa shape index (κ1) is 10.3. The van der Waals surface area contributed by atoms with Gasteiger partial charge < -0.3 is 15.2 Å². The molecule has 0 radical (unpaired) electrons. The number of ether oxygens (including phenoxy) is 1. The van der Waals surface area contributed by atoms with Crippen LogP contribution in [0.2, 0.25) is 0 Å². The normalized spacial score (nSPS) is 24.4. The molecule has 2 rings (SSSR count). The Morgan fingerprint density at radius 1 is 1.53 bits per heavy atom. The zero-order chi connectivity index (χ0) is 10.9. The number of hydrogen-bond acceptors (Lipinski definition) is 3. The molecule has 1 atom stereocenters. The molecule has 0 bridgehead atoms. The van der Waals surface area contributed by atoms with Crippen LogP contribution in [0.4, 0.5) is 5.69 Å². The Labute approximate surface area is 90.1 Å². The summed E-state index contributed by atoms with van der Waals surface area (Å²) in [6.07, 6.45) is 2.01. The van der Waals surface area contributed by atoms with Crippen LogP contribution in [0, 0.1) is 0 Å². The Kier molecular flexibility index (Phi) is 2.57. The minimum atomic E-state index is 0.0126. The van der Waals surface area contributed by atoms with Gasteiger partial charge in [0, 0.05) is 12.8 Å². The molecule has 3 nitrogen and oxygen atoms in total. The molecule has 0 amide bonds. The van der Waals surface area contributed by atoms with Gasteiger partial charge in [-0.1, -0.05) is 0 Å². The number of hydrogen-bond donors (Lipinski definition) is 2. The fourth-order valence-electron chi connectivity index (χ4n) is 2.13. The lowest BCUT2D eigenvalue weighted by atomic mass is 9.88. The van der Waals surface area contributed by atoms with Gasteiger partial charge in [0.05, 0.1) is 12.1 Å². The summed E-state index contributed by atoms with van der Waals surface area (Å²) < 4.78 is 5.21. The Hall–Kier alpha value is -1.22. The summed E-state index contributed by atoms with van der Waals surface area (Å²) in [5, 5.41) is 12.8. The molecule has 0 aliphatic carbocycles. The summed E-state index contributed by atoms with van der Waals surface area (Å²) in [4.78, 5) is 0. The van der Waals surface area contributed by atoms with Crippen LogP contribution in [0.1, 0.15) is 18.9 Å². The SMILES string of the molecule is COCC1(C)CCc2cc(O)ccc2N1. The average Bonchev–Trinajstić information content (AvgIpc) is 2.19. The molecule has 1 heterocycles. The molecule has 1 unspecified atom stereocenters. The summed E-state index contributed by atoms with van der Waals surface area (Å²) in [7, 11) is 1.72. The van der Waals surface area contributed by atoms with Crippen molar-refractivity contribution in [2.24, 2.45) is 0 Å². The fraction of sp³-hybridized carbons (Fsp3) is 0.500. The van der Waals surface area contributed by atoms with Crippen LogP contribution in [-0.4, -0.2) is 24.4 Å². The van der Waals surface area contributed by atoms with Crippen molar-refractivity contribution in [3.63, 3.8) is 0 Å². The van der Waals surface area contributed by atoms with Crippen molar-refractivity contribution in [1.29, 1.82) is 0 Å². The Balaban J connectivity index is 2.23. The Bertz CT molecular complexity index is 365. The van der Waals surface area contributed by atoms with Crippen molar-refractivity contribution >= 4 is 5.69 Å². The summed E-state index contributed by atoms with van der Waals surface area (Å²) in [5.74, 6) is 0.339. The van der Waals surface area contributed by atoms with Gasteiger partial charge in [-0.25, -0.2) is 0 Å². The molecule has 2 N–H and O–H groups in total. The van der Waals surface area contributed by atoms with Gasteiger partial charge in [-0.05, 0) is 43.5 Å². The second kappa shape index (κ2) is 3.74. The number of nitrogens with one attached hydrogen (secondary N) is 1. The van der Waals surface area contributed by atoms with E-state index in [-0.39, 0.29) is 5.54 Å². The van der Waals surface area contributed by atoms with E-state index in [1.807, 2.05) is 12.1 Å². The zero-order valence-electron chi connectivity index (χ0n) is 9.21. The number of aromatic hydroxyl groups is 1. The lowest BCUT2D eigenvalue weighted by Crippen LogP contribution is -2.42. The van der Waals surface area contributed by atoms with E-state index < -0.39 is 0 Å². The van der Waals surface area contributed by atoms with Crippen LogP contribution in [0.15, 0.2) is 18.2 Å². The number of aryl methyl sites for hydroxylation is 1. The summed E-state index contributed by atoms with van der Waals surface area (Å²) >= 11 is 0. The third-order valence-electron chi connectivity index (χ3n) is 2.93. The minimum absolute atomic E-state index is 0.0126. The second-order valence-electron chi connectivity index (χ2n) is 4.46. The smallest absolute Gasteiger partial charge is 0.116 e. The highest BCUT2D eigenvalue weighted by molar-refractivity contribution is 5.57. The van der Waals surface area contributed by atoms with Crippen LogP contribution in [0.25, 0.3) is 0 Å². The van der Waals surface area contributed by atoms with Crippen LogP contribution < -0.4 is 5.32 Å². The number of phenols is 1. The first-order valence-electron chi connectivity index (χ1n) is 5.22. The van der Waals surface area contributed by atoms with Gasteiger partial charge in [0.25, 0.3) is 0 Å². The van der Waals surface area contributed by atoms with Gasteiger partial charge in [0.2, 0.25) is 0 Å². The van der Waals surface area contributed by atoms with Crippen LogP contribution >= 0.6 is 0 Å². The van der Waals surface area contributed by atoms with E-state index >= 15 is 0 Å². The number of phenolic OH excluding ortho intramolecular Hbond substituents is 1. The molecule has 0 saturated heterocycles. The van der Waals surface area contributed by atoms with E-state index in [1.54, 1.807) is 13.2 Å². The van der Waals surface area contributed by atoms with Crippen LogP contribution in [0.5, 0.6) is 5.75 Å². The summed E-state index contributed by atoms with van der Waals surface area (Å²) in [6, 6.07) is 5.47. The average molecular weight is 207 g/mol. The van der Waals surface area contributed by atoms with E-state index in [2.05, 4.69) is 12.2 Å². The molecule has 1 aromatic rings. The van der Waals surface area contributed by atoms with Crippen molar-refractivity contribution in [2.45, 2.75) is 25.3 Å². The second-order valence-corrected chi connectivity index (χ2v) is 4.46. The van der Waals surface area contributed by atoms with E-state index in [9.17, 15) is 5.11 Å². The zero-order valence-corrected chi connectivity index (χ0v) is 9.21. The Morgan fingerprint density at radius 2 is 2.33 bits per heavy atom. The van der Waals surface area contributed by atoms with E-state index in [0.717, 1.165) is 18.5 Å². The lowest BCUT2D eigenvalue weighted by molar-refractivity contribution is 0.144. The highest BCUT2D eigenvalue weighted by Crippen LogP contribution is 2.32. The molecule has 15 heavy (non-hydrogen) atoms. The fourth-order valence-corrected chi connectivity index (χ4v) is 2.13. The van der Waals surface area contributed by atoms with Gasteiger partial charge >= 0.3 is 0 Å². The van der Waals surface area contributed by atoms with Crippen molar-refractivity contribution < 1.29 is 9.84 Å². The number of rotatable bonds is 2. The number of benzene rings is 1. The van der Waals surface area contributed by atoms with E-state index in [4.69, 9.17) is 4.74 Å². The molecule has 1 aliphatic rings. The number of methoxy groups -OCH3 is 1. The highest BCUT2D eigenvalue weighted by Gasteiger charge is 2.28. The maximum absolute atomic E-state index is 9.37. The van der Waals surface area contributed by atoms with Crippen LogP contribution in [-0.2, 0) is 11.2 Å². The van der Waals surface area contributed by atoms with Gasteiger partial charge in [0.15, 0.2) is 0 Å². The predicted octanol–water partition coefficient (Wildman–Crippen LogP) is 2.16. The first-order valence-corrected chi connectivity index (χ1v) is 5.22. The quantitative estimate of drug-likeness (QED) is 0.730. The molecule has 1 aromatic carbocycles. The minimum Gasteiger partial charge on any atom is -0.508 e. The largest absolute Gasteiger partial charge is 0.508 e. The summed E-state index contributed by atoms with van der Waals surface area (Å²) in [6.45, 7) is 2.86. The number of fused-ring (bicyclic) bond motifs is 1. The molecule has 3 heteroatoms. The molecule has 1 aliphatic heterocycles. The third kappa shape index (κ3) is 2.07. The standard InChI is InChI=1S/C12H17NO2/c1-12(8-15-2)6-5-9-7-10(14)3-4-11(9)13-12/h3-4,7,13-14H,5-6,8H2,1-2H3. The van der Waals surface area contributed by atoms with E-state index in [1.165, 1.54) is 5.56 Å². The monoisotopic (exact) mass is 207 g/mol. The van der Waals surface area contributed by atoms with E-state index in [0.29, 0.717) is 12.4 Å². The predicted molar refractivity (Wildman–Crippen MR) is 60.3 cm³/mol. The lowest BCUT2D eigenvalue weighted by Gasteiger charge is -2.36. The molecule has 0 saturated carbocycles. The summed E-state index contributed by atoms with van der Waals surface area (Å²) in [5.41, 5.74) is 2.31. The van der Waals surface area contributed by atoms with Gasteiger partial charge in [-0.15, -0.1) is 0 Å². The molecule has 0 fully saturated rings. The molecular formula is C12H17NO2. The van der Waals surface area contributed by atoms with Crippen LogP contribution in [0.3, 0.4) is 0 Å². The van der Waals surface area contributed by atoms with Gasteiger partial charge in [-0.3, -0.25) is 0 Å². The molecule has 82 valence electrons. The first-order chi connectivity index (χ1) is 7.13. The Morgan fingerprint density at radius 3 is 3.07 bits per heavy atom. The maximum Gasteiger partial charge on any atom is 0.116 e. The maximum atomic E-state index is 9.37. The molecule has 0 aromatic heterocycles. The number of anilines is 1. The van der Waals surface area contributed by atoms with Gasteiger partial charge in [0.1, 0.15) is 5.75 Å².